The molecule has 0 rings (SSSR count). The van der Waals surface area contributed by atoms with Crippen LogP contribution >= 0.6 is 0 Å². The molecule has 0 aliphatic rings. The molecule has 0 heterocycles. The summed E-state index contributed by atoms with van der Waals surface area (Å²) in [5.41, 5.74) is 0. The van der Waals surface area contributed by atoms with E-state index in [0.29, 0.717) is 19.3 Å². The monoisotopic (exact) mass is 877 g/mol. The van der Waals surface area contributed by atoms with Crippen LogP contribution in [0, 0.1) is 5.92 Å². The Hall–Kier alpha value is -1.59. The van der Waals surface area contributed by atoms with Gasteiger partial charge in [-0.25, -0.2) is 0 Å². The van der Waals surface area contributed by atoms with Crippen molar-refractivity contribution in [3.63, 3.8) is 0 Å². The van der Waals surface area contributed by atoms with Gasteiger partial charge in [-0.3, -0.25) is 14.4 Å². The second-order valence-corrected chi connectivity index (χ2v) is 19.7. The summed E-state index contributed by atoms with van der Waals surface area (Å²) in [6.45, 7) is 9.05. The van der Waals surface area contributed by atoms with Gasteiger partial charge in [0.05, 0.1) is 0 Å². The summed E-state index contributed by atoms with van der Waals surface area (Å²) in [6.07, 6.45) is 53.8. The Kier molecular flexibility index (Phi) is 49.1. The molecule has 0 bridgehead atoms. The first-order valence-corrected chi connectivity index (χ1v) is 27.9. The highest BCUT2D eigenvalue weighted by atomic mass is 16.6. The Morgan fingerprint density at radius 3 is 0.790 bits per heavy atom. The van der Waals surface area contributed by atoms with E-state index in [9.17, 15) is 14.4 Å². The van der Waals surface area contributed by atoms with E-state index in [1.807, 2.05) is 0 Å². The predicted octanol–water partition coefficient (Wildman–Crippen LogP) is 18.2. The SMILES string of the molecule is CCCCCCCCCCCCCCCCCC(=O)OC[C@@H](COC(=O)CCCCCCCCCCCC)OC(=O)CCCCCCCCCCCCCCCCCCC(C)C. The van der Waals surface area contributed by atoms with Crippen LogP contribution in [0.25, 0.3) is 0 Å². The Labute approximate surface area is 387 Å². The second-order valence-electron chi connectivity index (χ2n) is 19.7. The van der Waals surface area contributed by atoms with Crippen molar-refractivity contribution in [2.24, 2.45) is 5.92 Å². The quantitative estimate of drug-likeness (QED) is 0.0344. The van der Waals surface area contributed by atoms with Crippen molar-refractivity contribution in [2.45, 2.75) is 323 Å². The van der Waals surface area contributed by atoms with E-state index in [0.717, 1.165) is 63.7 Å². The molecule has 6 heteroatoms. The molecule has 0 radical (unpaired) electrons. The fourth-order valence-electron chi connectivity index (χ4n) is 8.57. The van der Waals surface area contributed by atoms with Crippen LogP contribution in [0.2, 0.25) is 0 Å². The van der Waals surface area contributed by atoms with E-state index >= 15 is 0 Å². The fraction of sp³-hybridized carbons (Fsp3) is 0.946. The molecule has 0 spiro atoms. The normalized spacial score (nSPS) is 12.0. The Balaban J connectivity index is 4.24. The van der Waals surface area contributed by atoms with Crippen LogP contribution in [0.15, 0.2) is 0 Å². The zero-order chi connectivity index (χ0) is 45.2. The highest BCUT2D eigenvalue weighted by molar-refractivity contribution is 5.71. The molecule has 0 aromatic carbocycles. The van der Waals surface area contributed by atoms with Gasteiger partial charge in [0.25, 0.3) is 0 Å². The minimum atomic E-state index is -0.760. The Bertz CT molecular complexity index is 933. The molecule has 6 nitrogen and oxygen atoms in total. The van der Waals surface area contributed by atoms with Crippen LogP contribution in [-0.4, -0.2) is 37.2 Å². The van der Waals surface area contributed by atoms with Crippen LogP contribution in [-0.2, 0) is 28.6 Å². The van der Waals surface area contributed by atoms with E-state index in [4.69, 9.17) is 14.2 Å². The number of rotatable bonds is 51. The summed E-state index contributed by atoms with van der Waals surface area (Å²) < 4.78 is 16.8. The summed E-state index contributed by atoms with van der Waals surface area (Å²) in [5.74, 6) is 0.0122. The average Bonchev–Trinajstić information content (AvgIpc) is 3.26. The number of ether oxygens (including phenoxy) is 3. The maximum absolute atomic E-state index is 12.8. The predicted molar refractivity (Wildman–Crippen MR) is 266 cm³/mol. The maximum atomic E-state index is 12.8. The number of hydrogen-bond acceptors (Lipinski definition) is 6. The van der Waals surface area contributed by atoms with E-state index in [1.165, 1.54) is 212 Å². The lowest BCUT2D eigenvalue weighted by molar-refractivity contribution is -0.167. The smallest absolute Gasteiger partial charge is 0.306 e. The third-order valence-corrected chi connectivity index (χ3v) is 12.8. The number of unbranched alkanes of at least 4 members (excludes halogenated alkanes) is 38. The highest BCUT2D eigenvalue weighted by Gasteiger charge is 2.19. The molecule has 0 aromatic heterocycles. The van der Waals surface area contributed by atoms with E-state index < -0.39 is 6.10 Å². The zero-order valence-corrected chi connectivity index (χ0v) is 42.3. The van der Waals surface area contributed by atoms with E-state index in [1.54, 1.807) is 0 Å². The topological polar surface area (TPSA) is 78.9 Å². The van der Waals surface area contributed by atoms with E-state index in [2.05, 4.69) is 27.7 Å². The lowest BCUT2D eigenvalue weighted by Gasteiger charge is -2.18. The summed E-state index contributed by atoms with van der Waals surface area (Å²) in [6, 6.07) is 0. The van der Waals surface area contributed by atoms with Gasteiger partial charge in [0.15, 0.2) is 6.10 Å². The maximum Gasteiger partial charge on any atom is 0.306 e. The standard InChI is InChI=1S/C56H108O6/c1-5-7-9-11-13-15-17-18-21-25-28-32-36-40-44-48-55(58)61-51-53(50-60-54(57)47-43-39-35-31-16-14-12-10-8-6-2)62-56(59)49-45-41-37-33-29-26-23-20-19-22-24-27-30-34-38-42-46-52(3)4/h52-53H,5-51H2,1-4H3/t53-/m1/s1. The summed E-state index contributed by atoms with van der Waals surface area (Å²) >= 11 is 0. The molecule has 0 aliphatic heterocycles. The molecular weight excluding hydrogens is 769 g/mol. The molecule has 0 saturated heterocycles. The minimum Gasteiger partial charge on any atom is -0.462 e. The van der Waals surface area contributed by atoms with Gasteiger partial charge in [-0.2, -0.15) is 0 Å². The molecule has 0 unspecified atom stereocenters. The van der Waals surface area contributed by atoms with Crippen molar-refractivity contribution in [2.75, 3.05) is 13.2 Å². The molecule has 62 heavy (non-hydrogen) atoms. The molecule has 0 saturated carbocycles. The van der Waals surface area contributed by atoms with Gasteiger partial charge in [-0.1, -0.05) is 278 Å². The van der Waals surface area contributed by atoms with Gasteiger partial charge in [-0.15, -0.1) is 0 Å². The third-order valence-electron chi connectivity index (χ3n) is 12.8. The van der Waals surface area contributed by atoms with Gasteiger partial charge in [-0.05, 0) is 25.2 Å². The lowest BCUT2D eigenvalue weighted by Crippen LogP contribution is -2.30. The van der Waals surface area contributed by atoms with Crippen molar-refractivity contribution in [1.29, 1.82) is 0 Å². The summed E-state index contributed by atoms with van der Waals surface area (Å²) in [4.78, 5) is 38.0. The highest BCUT2D eigenvalue weighted by Crippen LogP contribution is 2.18. The number of carbonyl (C=O) groups is 3. The molecule has 1 atom stereocenters. The first-order chi connectivity index (χ1) is 30.4. The second kappa shape index (κ2) is 50.4. The minimum absolute atomic E-state index is 0.0621. The Morgan fingerprint density at radius 1 is 0.306 bits per heavy atom. The van der Waals surface area contributed by atoms with Crippen molar-refractivity contribution in [1.82, 2.24) is 0 Å². The first kappa shape index (κ1) is 60.4. The molecule has 0 N–H and O–H groups in total. The fourth-order valence-corrected chi connectivity index (χ4v) is 8.57. The third kappa shape index (κ3) is 49.4. The summed E-state index contributed by atoms with van der Waals surface area (Å²) in [5, 5.41) is 0. The largest absolute Gasteiger partial charge is 0.462 e. The van der Waals surface area contributed by atoms with Crippen molar-refractivity contribution in [3.8, 4) is 0 Å². The van der Waals surface area contributed by atoms with E-state index in [-0.39, 0.29) is 31.1 Å². The first-order valence-electron chi connectivity index (χ1n) is 27.9. The zero-order valence-electron chi connectivity index (χ0n) is 42.3. The van der Waals surface area contributed by atoms with Gasteiger partial charge in [0.2, 0.25) is 0 Å². The summed E-state index contributed by atoms with van der Waals surface area (Å²) in [7, 11) is 0. The molecule has 0 aliphatic carbocycles. The van der Waals surface area contributed by atoms with Crippen molar-refractivity contribution < 1.29 is 28.6 Å². The van der Waals surface area contributed by atoms with Crippen LogP contribution in [0.3, 0.4) is 0 Å². The van der Waals surface area contributed by atoms with Crippen LogP contribution in [0.5, 0.6) is 0 Å². The molecule has 0 fully saturated rings. The van der Waals surface area contributed by atoms with Crippen molar-refractivity contribution >= 4 is 17.9 Å². The molecule has 0 amide bonds. The van der Waals surface area contributed by atoms with Gasteiger partial charge in [0.1, 0.15) is 13.2 Å². The van der Waals surface area contributed by atoms with Crippen LogP contribution in [0.1, 0.15) is 317 Å². The number of hydrogen-bond donors (Lipinski definition) is 0. The van der Waals surface area contributed by atoms with Gasteiger partial charge < -0.3 is 14.2 Å². The molecular formula is C56H108O6. The number of esters is 3. The van der Waals surface area contributed by atoms with Gasteiger partial charge in [0, 0.05) is 19.3 Å². The molecule has 368 valence electrons. The van der Waals surface area contributed by atoms with Crippen LogP contribution < -0.4 is 0 Å². The van der Waals surface area contributed by atoms with Gasteiger partial charge >= 0.3 is 17.9 Å². The average molecular weight is 877 g/mol. The molecule has 0 aromatic rings. The Morgan fingerprint density at radius 2 is 0.532 bits per heavy atom. The van der Waals surface area contributed by atoms with Crippen molar-refractivity contribution in [3.05, 3.63) is 0 Å². The lowest BCUT2D eigenvalue weighted by atomic mass is 10.0. The van der Waals surface area contributed by atoms with Crippen LogP contribution in [0.4, 0.5) is 0 Å². The number of carbonyl (C=O) groups excluding carboxylic acids is 3.